The Balaban J connectivity index is 2.30. The van der Waals surface area contributed by atoms with Crippen LogP contribution in [-0.4, -0.2) is 4.98 Å². The normalized spacial score (nSPS) is 10.2. The van der Waals surface area contributed by atoms with Crippen molar-refractivity contribution < 1.29 is 0 Å². The van der Waals surface area contributed by atoms with Gasteiger partial charge in [-0.15, -0.1) is 0 Å². The average Bonchev–Trinajstić information content (AvgIpc) is 2.24. The standard InChI is InChI=1S/C13H13ClN2/c1-9-3-4-10(2)12(7-9)16-11-5-6-15-13(14)8-11/h3-8H,1-2H3,(H,15,16). The minimum Gasteiger partial charge on any atom is -0.355 e. The molecule has 1 heterocycles. The minimum atomic E-state index is 0.496. The molecule has 2 rings (SSSR count). The van der Waals surface area contributed by atoms with Gasteiger partial charge in [-0.05, 0) is 43.2 Å². The Morgan fingerprint density at radius 1 is 1.12 bits per heavy atom. The molecule has 0 spiro atoms. The third-order valence-corrected chi connectivity index (χ3v) is 2.61. The second-order valence-electron chi connectivity index (χ2n) is 3.81. The topological polar surface area (TPSA) is 24.9 Å². The molecule has 0 aliphatic heterocycles. The van der Waals surface area contributed by atoms with Crippen molar-refractivity contribution >= 4 is 23.0 Å². The molecule has 2 nitrogen and oxygen atoms in total. The van der Waals surface area contributed by atoms with Crippen LogP contribution in [0.25, 0.3) is 0 Å². The Hall–Kier alpha value is -1.54. The van der Waals surface area contributed by atoms with E-state index in [4.69, 9.17) is 11.6 Å². The number of hydrogen-bond acceptors (Lipinski definition) is 2. The van der Waals surface area contributed by atoms with Crippen molar-refractivity contribution in [2.75, 3.05) is 5.32 Å². The Morgan fingerprint density at radius 2 is 1.94 bits per heavy atom. The number of aryl methyl sites for hydroxylation is 2. The fourth-order valence-electron chi connectivity index (χ4n) is 1.51. The summed E-state index contributed by atoms with van der Waals surface area (Å²) in [5.74, 6) is 0. The zero-order valence-electron chi connectivity index (χ0n) is 9.29. The van der Waals surface area contributed by atoms with Crippen molar-refractivity contribution in [3.63, 3.8) is 0 Å². The number of rotatable bonds is 2. The van der Waals surface area contributed by atoms with Crippen LogP contribution in [0.15, 0.2) is 36.5 Å². The average molecular weight is 233 g/mol. The van der Waals surface area contributed by atoms with Gasteiger partial charge in [0.1, 0.15) is 5.15 Å². The third-order valence-electron chi connectivity index (χ3n) is 2.40. The van der Waals surface area contributed by atoms with Crippen LogP contribution in [0, 0.1) is 13.8 Å². The summed E-state index contributed by atoms with van der Waals surface area (Å²) < 4.78 is 0. The van der Waals surface area contributed by atoms with E-state index in [1.54, 1.807) is 6.20 Å². The van der Waals surface area contributed by atoms with E-state index in [-0.39, 0.29) is 0 Å². The van der Waals surface area contributed by atoms with Gasteiger partial charge in [0.25, 0.3) is 0 Å². The number of hydrogen-bond donors (Lipinski definition) is 1. The van der Waals surface area contributed by atoms with Gasteiger partial charge in [-0.2, -0.15) is 0 Å². The van der Waals surface area contributed by atoms with E-state index in [9.17, 15) is 0 Å². The summed E-state index contributed by atoms with van der Waals surface area (Å²) in [7, 11) is 0. The quantitative estimate of drug-likeness (QED) is 0.789. The number of nitrogens with zero attached hydrogens (tertiary/aromatic N) is 1. The van der Waals surface area contributed by atoms with Crippen molar-refractivity contribution in [2.45, 2.75) is 13.8 Å². The SMILES string of the molecule is Cc1ccc(C)c(Nc2ccnc(Cl)c2)c1. The van der Waals surface area contributed by atoms with Crippen LogP contribution in [0.2, 0.25) is 5.15 Å². The Bertz CT molecular complexity index is 509. The summed E-state index contributed by atoms with van der Waals surface area (Å²) in [6.07, 6.45) is 1.69. The third kappa shape index (κ3) is 2.52. The maximum Gasteiger partial charge on any atom is 0.131 e. The van der Waals surface area contributed by atoms with Crippen LogP contribution in [0.4, 0.5) is 11.4 Å². The molecule has 0 unspecified atom stereocenters. The van der Waals surface area contributed by atoms with Crippen LogP contribution in [-0.2, 0) is 0 Å². The Kier molecular flexibility index (Phi) is 3.11. The highest BCUT2D eigenvalue weighted by Gasteiger charge is 2.00. The summed E-state index contributed by atoms with van der Waals surface area (Å²) in [4.78, 5) is 3.95. The zero-order valence-corrected chi connectivity index (χ0v) is 10.0. The largest absolute Gasteiger partial charge is 0.355 e. The van der Waals surface area contributed by atoms with Gasteiger partial charge in [-0.1, -0.05) is 23.7 Å². The van der Waals surface area contributed by atoms with Crippen LogP contribution >= 0.6 is 11.6 Å². The summed E-state index contributed by atoms with van der Waals surface area (Å²) in [5, 5.41) is 3.83. The fraction of sp³-hybridized carbons (Fsp3) is 0.154. The van der Waals surface area contributed by atoms with E-state index < -0.39 is 0 Å². The molecule has 1 N–H and O–H groups in total. The van der Waals surface area contributed by atoms with Gasteiger partial charge in [0, 0.05) is 17.6 Å². The van der Waals surface area contributed by atoms with E-state index in [0.29, 0.717) is 5.15 Å². The highest BCUT2D eigenvalue weighted by molar-refractivity contribution is 6.29. The van der Waals surface area contributed by atoms with Gasteiger partial charge in [-0.25, -0.2) is 4.98 Å². The molecule has 2 aromatic rings. The van der Waals surface area contributed by atoms with E-state index in [1.807, 2.05) is 12.1 Å². The van der Waals surface area contributed by atoms with Crippen molar-refractivity contribution in [2.24, 2.45) is 0 Å². The van der Waals surface area contributed by atoms with E-state index in [0.717, 1.165) is 11.4 Å². The molecule has 0 atom stereocenters. The number of halogens is 1. The van der Waals surface area contributed by atoms with Gasteiger partial charge in [0.15, 0.2) is 0 Å². The number of aromatic nitrogens is 1. The Labute approximate surface area is 100 Å². The molecule has 0 fully saturated rings. The molecule has 1 aromatic carbocycles. The molecule has 3 heteroatoms. The van der Waals surface area contributed by atoms with E-state index in [1.165, 1.54) is 11.1 Å². The summed E-state index contributed by atoms with van der Waals surface area (Å²) in [5.41, 5.74) is 4.49. The van der Waals surface area contributed by atoms with Gasteiger partial charge >= 0.3 is 0 Å². The number of benzene rings is 1. The number of pyridine rings is 1. The van der Waals surface area contributed by atoms with Gasteiger partial charge in [-0.3, -0.25) is 0 Å². The van der Waals surface area contributed by atoms with E-state index in [2.05, 4.69) is 42.3 Å². The second kappa shape index (κ2) is 4.54. The molecule has 0 amide bonds. The number of anilines is 2. The Morgan fingerprint density at radius 3 is 2.69 bits per heavy atom. The molecule has 0 saturated heterocycles. The molecular formula is C13H13ClN2. The first-order valence-corrected chi connectivity index (χ1v) is 5.49. The van der Waals surface area contributed by atoms with Crippen molar-refractivity contribution in [1.82, 2.24) is 4.98 Å². The first kappa shape index (κ1) is 11.0. The fourth-order valence-corrected chi connectivity index (χ4v) is 1.68. The first-order chi connectivity index (χ1) is 7.65. The lowest BCUT2D eigenvalue weighted by Crippen LogP contribution is -1.94. The summed E-state index contributed by atoms with van der Waals surface area (Å²) in [6.45, 7) is 4.15. The molecular weight excluding hydrogens is 220 g/mol. The molecule has 0 saturated carbocycles. The predicted molar refractivity (Wildman–Crippen MR) is 68.4 cm³/mol. The van der Waals surface area contributed by atoms with E-state index >= 15 is 0 Å². The second-order valence-corrected chi connectivity index (χ2v) is 4.20. The molecule has 0 aliphatic carbocycles. The molecule has 0 radical (unpaired) electrons. The lowest BCUT2D eigenvalue weighted by molar-refractivity contribution is 1.31. The van der Waals surface area contributed by atoms with Gasteiger partial charge in [0.05, 0.1) is 0 Å². The van der Waals surface area contributed by atoms with Crippen molar-refractivity contribution in [3.8, 4) is 0 Å². The van der Waals surface area contributed by atoms with Crippen LogP contribution in [0.3, 0.4) is 0 Å². The first-order valence-electron chi connectivity index (χ1n) is 5.11. The lowest BCUT2D eigenvalue weighted by atomic mass is 10.1. The molecule has 1 aromatic heterocycles. The van der Waals surface area contributed by atoms with Gasteiger partial charge in [0.2, 0.25) is 0 Å². The lowest BCUT2D eigenvalue weighted by Gasteiger charge is -2.10. The zero-order chi connectivity index (χ0) is 11.5. The van der Waals surface area contributed by atoms with Crippen LogP contribution in [0.1, 0.15) is 11.1 Å². The molecule has 0 aliphatic rings. The highest BCUT2D eigenvalue weighted by atomic mass is 35.5. The highest BCUT2D eigenvalue weighted by Crippen LogP contribution is 2.22. The van der Waals surface area contributed by atoms with Crippen molar-refractivity contribution in [1.29, 1.82) is 0 Å². The van der Waals surface area contributed by atoms with Crippen molar-refractivity contribution in [3.05, 3.63) is 52.8 Å². The summed E-state index contributed by atoms with van der Waals surface area (Å²) >= 11 is 5.83. The van der Waals surface area contributed by atoms with Crippen LogP contribution < -0.4 is 5.32 Å². The number of nitrogens with one attached hydrogen (secondary N) is 1. The maximum absolute atomic E-state index is 5.83. The summed E-state index contributed by atoms with van der Waals surface area (Å²) in [6, 6.07) is 10.0. The predicted octanol–water partition coefficient (Wildman–Crippen LogP) is 4.10. The minimum absolute atomic E-state index is 0.496. The molecule has 16 heavy (non-hydrogen) atoms. The maximum atomic E-state index is 5.83. The monoisotopic (exact) mass is 232 g/mol. The van der Waals surface area contributed by atoms with Gasteiger partial charge < -0.3 is 5.32 Å². The van der Waals surface area contributed by atoms with Crippen LogP contribution in [0.5, 0.6) is 0 Å². The smallest absolute Gasteiger partial charge is 0.131 e. The molecule has 82 valence electrons. The molecule has 0 bridgehead atoms.